The third-order valence-corrected chi connectivity index (χ3v) is 4.26. The molecule has 1 heterocycles. The van der Waals surface area contributed by atoms with Crippen molar-refractivity contribution in [2.24, 2.45) is 21.5 Å². The third-order valence-electron chi connectivity index (χ3n) is 4.26. The summed E-state index contributed by atoms with van der Waals surface area (Å²) in [7, 11) is 0. The lowest BCUT2D eigenvalue weighted by molar-refractivity contribution is 0.305. The lowest BCUT2D eigenvalue weighted by atomic mass is 9.87. The normalized spacial score (nSPS) is 21.1. The van der Waals surface area contributed by atoms with Crippen LogP contribution in [0.1, 0.15) is 37.7 Å². The number of aliphatic imine (C=N–C) groups is 2. The first kappa shape index (κ1) is 13.9. The van der Waals surface area contributed by atoms with Crippen LogP contribution in [0, 0.1) is 12.7 Å². The summed E-state index contributed by atoms with van der Waals surface area (Å²) in [6, 6.07) is 4.68. The SMILES string of the molecule is Cc1ccc(F)cc1N1C(N)=NC(N)=NC12CCCCC2. The summed E-state index contributed by atoms with van der Waals surface area (Å²) in [6.45, 7) is 1.93. The van der Waals surface area contributed by atoms with Crippen LogP contribution >= 0.6 is 0 Å². The molecule has 0 amide bonds. The Labute approximate surface area is 123 Å². The summed E-state index contributed by atoms with van der Waals surface area (Å²) in [5, 5.41) is 0. The second-order valence-corrected chi connectivity index (χ2v) is 5.75. The predicted octanol–water partition coefficient (Wildman–Crippen LogP) is 2.24. The number of nitrogens with two attached hydrogens (primary N) is 2. The highest BCUT2D eigenvalue weighted by molar-refractivity contribution is 6.05. The minimum absolute atomic E-state index is 0.208. The van der Waals surface area contributed by atoms with E-state index in [0.717, 1.165) is 36.9 Å². The zero-order valence-electron chi connectivity index (χ0n) is 12.1. The molecule has 1 saturated carbocycles. The number of guanidine groups is 2. The highest BCUT2D eigenvalue weighted by Crippen LogP contribution is 2.40. The van der Waals surface area contributed by atoms with Gasteiger partial charge in [0.2, 0.25) is 11.9 Å². The molecule has 2 aliphatic rings. The van der Waals surface area contributed by atoms with Crippen LogP contribution in [0.25, 0.3) is 0 Å². The first-order valence-electron chi connectivity index (χ1n) is 7.28. The van der Waals surface area contributed by atoms with E-state index in [0.29, 0.717) is 0 Å². The number of nitrogens with zero attached hydrogens (tertiary/aromatic N) is 3. The van der Waals surface area contributed by atoms with Crippen molar-refractivity contribution in [3.05, 3.63) is 29.6 Å². The quantitative estimate of drug-likeness (QED) is 0.832. The van der Waals surface area contributed by atoms with Gasteiger partial charge in [-0.25, -0.2) is 9.38 Å². The van der Waals surface area contributed by atoms with Crippen molar-refractivity contribution in [3.8, 4) is 0 Å². The fraction of sp³-hybridized carbons (Fsp3) is 0.467. The maximum absolute atomic E-state index is 13.7. The highest BCUT2D eigenvalue weighted by Gasteiger charge is 2.43. The minimum atomic E-state index is -0.521. The molecule has 6 heteroatoms. The molecule has 0 saturated heterocycles. The van der Waals surface area contributed by atoms with E-state index in [4.69, 9.17) is 11.5 Å². The van der Waals surface area contributed by atoms with Crippen molar-refractivity contribution in [3.63, 3.8) is 0 Å². The molecule has 1 aliphatic carbocycles. The number of benzene rings is 1. The summed E-state index contributed by atoms with van der Waals surface area (Å²) in [6.07, 6.45) is 4.97. The number of rotatable bonds is 1. The first-order valence-corrected chi connectivity index (χ1v) is 7.28. The van der Waals surface area contributed by atoms with Crippen molar-refractivity contribution in [2.75, 3.05) is 4.90 Å². The van der Waals surface area contributed by atoms with Crippen LogP contribution in [0.5, 0.6) is 0 Å². The molecule has 0 radical (unpaired) electrons. The summed E-state index contributed by atoms with van der Waals surface area (Å²) in [5.41, 5.74) is 13.1. The van der Waals surface area contributed by atoms with Gasteiger partial charge in [-0.1, -0.05) is 12.5 Å². The van der Waals surface area contributed by atoms with Crippen molar-refractivity contribution in [2.45, 2.75) is 44.7 Å². The van der Waals surface area contributed by atoms with Gasteiger partial charge in [-0.2, -0.15) is 4.99 Å². The Balaban J connectivity index is 2.13. The van der Waals surface area contributed by atoms with Gasteiger partial charge >= 0.3 is 0 Å². The average molecular weight is 289 g/mol. The molecule has 1 fully saturated rings. The number of hydrogen-bond donors (Lipinski definition) is 2. The molecule has 0 aromatic heterocycles. The van der Waals surface area contributed by atoms with Gasteiger partial charge in [0.05, 0.1) is 5.69 Å². The van der Waals surface area contributed by atoms with Crippen LogP contribution in [0.3, 0.4) is 0 Å². The van der Waals surface area contributed by atoms with Gasteiger partial charge in [0, 0.05) is 0 Å². The van der Waals surface area contributed by atoms with Crippen LogP contribution < -0.4 is 16.4 Å². The predicted molar refractivity (Wildman–Crippen MR) is 82.7 cm³/mol. The molecule has 4 N–H and O–H groups in total. The lowest BCUT2D eigenvalue weighted by Gasteiger charge is -2.46. The van der Waals surface area contributed by atoms with E-state index in [9.17, 15) is 4.39 Å². The fourth-order valence-corrected chi connectivity index (χ4v) is 3.29. The monoisotopic (exact) mass is 289 g/mol. The van der Waals surface area contributed by atoms with E-state index in [2.05, 4.69) is 9.98 Å². The molecule has 3 rings (SSSR count). The smallest absolute Gasteiger partial charge is 0.220 e. The second-order valence-electron chi connectivity index (χ2n) is 5.75. The Morgan fingerprint density at radius 2 is 1.90 bits per heavy atom. The van der Waals surface area contributed by atoms with Gasteiger partial charge in [0.25, 0.3) is 0 Å². The average Bonchev–Trinajstić information content (AvgIpc) is 2.42. The van der Waals surface area contributed by atoms with E-state index in [1.807, 2.05) is 11.8 Å². The minimum Gasteiger partial charge on any atom is -0.369 e. The number of aryl methyl sites for hydroxylation is 1. The zero-order chi connectivity index (χ0) is 15.0. The van der Waals surface area contributed by atoms with Crippen LogP contribution in [0.4, 0.5) is 10.1 Å². The molecule has 0 bridgehead atoms. The molecule has 21 heavy (non-hydrogen) atoms. The summed E-state index contributed by atoms with van der Waals surface area (Å²) in [4.78, 5) is 10.5. The maximum Gasteiger partial charge on any atom is 0.220 e. The van der Waals surface area contributed by atoms with Crippen LogP contribution in [0.2, 0.25) is 0 Å². The Bertz CT molecular complexity index is 616. The lowest BCUT2D eigenvalue weighted by Crippen LogP contribution is -2.58. The van der Waals surface area contributed by atoms with Crippen LogP contribution in [0.15, 0.2) is 28.2 Å². The largest absolute Gasteiger partial charge is 0.369 e. The molecule has 0 atom stereocenters. The molecule has 5 nitrogen and oxygen atoms in total. The van der Waals surface area contributed by atoms with Crippen molar-refractivity contribution < 1.29 is 4.39 Å². The maximum atomic E-state index is 13.7. The van der Waals surface area contributed by atoms with Crippen molar-refractivity contribution in [1.82, 2.24) is 0 Å². The fourth-order valence-electron chi connectivity index (χ4n) is 3.29. The summed E-state index contributed by atoms with van der Waals surface area (Å²) >= 11 is 0. The molecule has 1 aliphatic heterocycles. The Morgan fingerprint density at radius 3 is 2.62 bits per heavy atom. The Morgan fingerprint density at radius 1 is 1.19 bits per heavy atom. The topological polar surface area (TPSA) is 80.0 Å². The zero-order valence-corrected chi connectivity index (χ0v) is 12.1. The molecular weight excluding hydrogens is 269 g/mol. The molecule has 1 aromatic carbocycles. The van der Waals surface area contributed by atoms with Gasteiger partial charge in [-0.15, -0.1) is 0 Å². The number of halogens is 1. The second kappa shape index (κ2) is 5.02. The van der Waals surface area contributed by atoms with Gasteiger partial charge in [0.1, 0.15) is 11.5 Å². The summed E-state index contributed by atoms with van der Waals surface area (Å²) in [5.74, 6) is 0.203. The number of hydrogen-bond acceptors (Lipinski definition) is 5. The summed E-state index contributed by atoms with van der Waals surface area (Å²) < 4.78 is 13.7. The van der Waals surface area contributed by atoms with Crippen LogP contribution in [-0.2, 0) is 0 Å². The van der Waals surface area contributed by atoms with E-state index in [-0.39, 0.29) is 17.7 Å². The standard InChI is InChI=1S/C15H20FN5/c1-10-5-6-11(16)9-12(10)21-14(18)19-13(17)20-15(21)7-3-2-4-8-15/h5-6,9H,2-4,7-8H2,1H3,(H4,17,18,19,20). The number of anilines is 1. The van der Waals surface area contributed by atoms with Crippen molar-refractivity contribution >= 4 is 17.6 Å². The molecule has 0 unspecified atom stereocenters. The van der Waals surface area contributed by atoms with Crippen LogP contribution in [-0.4, -0.2) is 17.6 Å². The van der Waals surface area contributed by atoms with Gasteiger partial charge in [-0.05, 0) is 50.3 Å². The molecular formula is C15H20FN5. The van der Waals surface area contributed by atoms with Gasteiger partial charge in [-0.3, -0.25) is 4.90 Å². The van der Waals surface area contributed by atoms with E-state index < -0.39 is 5.66 Å². The Hall–Kier alpha value is -2.11. The van der Waals surface area contributed by atoms with Gasteiger partial charge in [0.15, 0.2) is 0 Å². The Kier molecular flexibility index (Phi) is 3.31. The van der Waals surface area contributed by atoms with E-state index in [1.165, 1.54) is 18.6 Å². The first-order chi connectivity index (χ1) is 10.0. The highest BCUT2D eigenvalue weighted by atomic mass is 19.1. The molecule has 112 valence electrons. The molecule has 1 spiro atoms. The van der Waals surface area contributed by atoms with Crippen molar-refractivity contribution in [1.29, 1.82) is 0 Å². The van der Waals surface area contributed by atoms with E-state index >= 15 is 0 Å². The van der Waals surface area contributed by atoms with E-state index in [1.54, 1.807) is 6.07 Å². The molecule has 1 aromatic rings. The van der Waals surface area contributed by atoms with Gasteiger partial charge < -0.3 is 11.5 Å². The third kappa shape index (κ3) is 2.34.